The molecule has 0 aromatic heterocycles. The Morgan fingerprint density at radius 1 is 0.960 bits per heavy atom. The van der Waals surface area contributed by atoms with Crippen molar-refractivity contribution in [3.05, 3.63) is 54.6 Å². The van der Waals surface area contributed by atoms with E-state index in [-0.39, 0.29) is 10.7 Å². The maximum Gasteiger partial charge on any atom is 0.191 e. The van der Waals surface area contributed by atoms with E-state index >= 15 is 0 Å². The topological polar surface area (TPSA) is 72.5 Å². The molecule has 0 atom stereocenters. The largest absolute Gasteiger partial charge is 0.457 e. The molecule has 1 N–H and O–H groups in total. The maximum absolute atomic E-state index is 13.1. The van der Waals surface area contributed by atoms with Gasteiger partial charge in [-0.15, -0.1) is 0 Å². The molecule has 132 valence electrons. The van der Waals surface area contributed by atoms with Gasteiger partial charge in [0.1, 0.15) is 16.2 Å². The number of nitrogens with one attached hydrogen (secondary N) is 1. The van der Waals surface area contributed by atoms with Gasteiger partial charge in [-0.25, -0.2) is 8.42 Å². The van der Waals surface area contributed by atoms with Gasteiger partial charge in [0, 0.05) is 0 Å². The first-order chi connectivity index (χ1) is 12.0. The molecule has 5 nitrogen and oxygen atoms in total. The van der Waals surface area contributed by atoms with E-state index in [0.717, 1.165) is 0 Å². The van der Waals surface area contributed by atoms with Gasteiger partial charge in [-0.2, -0.15) is 0 Å². The Labute approximate surface area is 147 Å². The summed E-state index contributed by atoms with van der Waals surface area (Å²) in [5.74, 6) is 0.933. The van der Waals surface area contributed by atoms with Gasteiger partial charge >= 0.3 is 0 Å². The lowest BCUT2D eigenvalue weighted by atomic mass is 9.93. The van der Waals surface area contributed by atoms with E-state index in [4.69, 9.17) is 4.74 Å². The molecule has 0 spiro atoms. The summed E-state index contributed by atoms with van der Waals surface area (Å²) in [6, 6.07) is 15.5. The molecule has 3 rings (SSSR count). The molecule has 25 heavy (non-hydrogen) atoms. The average Bonchev–Trinajstić information content (AvgIpc) is 2.63. The van der Waals surface area contributed by atoms with Crippen molar-refractivity contribution < 1.29 is 17.9 Å². The van der Waals surface area contributed by atoms with E-state index < -0.39 is 14.6 Å². The third kappa shape index (κ3) is 3.32. The molecule has 6 heteroatoms. The van der Waals surface area contributed by atoms with Crippen molar-refractivity contribution in [2.45, 2.75) is 29.4 Å². The minimum absolute atomic E-state index is 0.157. The van der Waals surface area contributed by atoms with Gasteiger partial charge in [0.15, 0.2) is 15.6 Å². The maximum atomic E-state index is 13.1. The second-order valence-electron chi connectivity index (χ2n) is 6.19. The Morgan fingerprint density at radius 3 is 2.08 bits per heavy atom. The zero-order chi connectivity index (χ0) is 17.9. The summed E-state index contributed by atoms with van der Waals surface area (Å²) in [6.07, 6.45) is 0.597. The lowest BCUT2D eigenvalue weighted by Crippen LogP contribution is -2.52. The number of carbonyl (C=O) groups is 1. The molecule has 0 amide bonds. The third-order valence-electron chi connectivity index (χ3n) is 4.68. The number of sulfone groups is 1. The molecule has 1 aliphatic rings. The highest BCUT2D eigenvalue weighted by atomic mass is 32.2. The summed E-state index contributed by atoms with van der Waals surface area (Å²) < 4.78 is 30.6. The molecule has 1 heterocycles. The minimum atomic E-state index is -3.76. The van der Waals surface area contributed by atoms with E-state index in [9.17, 15) is 13.2 Å². The Balaban J connectivity index is 1.88. The Bertz CT molecular complexity index is 839. The lowest BCUT2D eigenvalue weighted by molar-refractivity contribution is -0.120. The molecule has 2 aromatic rings. The normalized spacial score (nSPS) is 17.0. The summed E-state index contributed by atoms with van der Waals surface area (Å²) >= 11 is 0. The molecule has 0 radical (unpaired) electrons. The fraction of sp³-hybridized carbons (Fsp3) is 0.316. The van der Waals surface area contributed by atoms with Crippen molar-refractivity contribution in [3.63, 3.8) is 0 Å². The standard InChI is InChI=1S/C19H21NO4S/c1-15(21)19(11-13-20-14-12-19)25(22,23)18-9-7-17(8-10-18)24-16-5-3-2-4-6-16/h2-10,20H,11-14H2,1H3. The van der Waals surface area contributed by atoms with Crippen LogP contribution in [0.5, 0.6) is 11.5 Å². The van der Waals surface area contributed by atoms with E-state index in [2.05, 4.69) is 5.32 Å². The van der Waals surface area contributed by atoms with Crippen LogP contribution in [-0.2, 0) is 14.6 Å². The van der Waals surface area contributed by atoms with Crippen LogP contribution in [-0.4, -0.2) is 32.0 Å². The number of piperidine rings is 1. The summed E-state index contributed by atoms with van der Waals surface area (Å²) in [6.45, 7) is 2.41. The van der Waals surface area contributed by atoms with Gasteiger partial charge in [-0.1, -0.05) is 18.2 Å². The van der Waals surface area contributed by atoms with Crippen LogP contribution in [0.4, 0.5) is 0 Å². The van der Waals surface area contributed by atoms with Gasteiger partial charge < -0.3 is 10.1 Å². The van der Waals surface area contributed by atoms with Crippen LogP contribution in [0.2, 0.25) is 0 Å². The predicted octanol–water partition coefficient (Wildman–Crippen LogP) is 2.96. The molecule has 1 fully saturated rings. The van der Waals surface area contributed by atoms with Gasteiger partial charge in [-0.3, -0.25) is 4.79 Å². The van der Waals surface area contributed by atoms with Crippen LogP contribution in [0.15, 0.2) is 59.5 Å². The zero-order valence-corrected chi connectivity index (χ0v) is 14.9. The Morgan fingerprint density at radius 2 is 1.52 bits per heavy atom. The van der Waals surface area contributed by atoms with Crippen LogP contribution in [0.25, 0.3) is 0 Å². The van der Waals surface area contributed by atoms with Crippen molar-refractivity contribution >= 4 is 15.6 Å². The quantitative estimate of drug-likeness (QED) is 0.889. The summed E-state index contributed by atoms with van der Waals surface area (Å²) in [7, 11) is -3.76. The molecular formula is C19H21NO4S. The zero-order valence-electron chi connectivity index (χ0n) is 14.1. The van der Waals surface area contributed by atoms with Crippen LogP contribution in [0.1, 0.15) is 19.8 Å². The monoisotopic (exact) mass is 359 g/mol. The number of ketones is 1. The highest BCUT2D eigenvalue weighted by Gasteiger charge is 2.49. The smallest absolute Gasteiger partial charge is 0.191 e. The summed E-state index contributed by atoms with van der Waals surface area (Å²) in [5, 5.41) is 3.12. The van der Waals surface area contributed by atoms with Gasteiger partial charge in [0.05, 0.1) is 4.90 Å². The average molecular weight is 359 g/mol. The number of Topliss-reactive ketones (excluding diaryl/α,β-unsaturated/α-hetero) is 1. The van der Waals surface area contributed by atoms with E-state index in [0.29, 0.717) is 37.4 Å². The fourth-order valence-electron chi connectivity index (χ4n) is 3.18. The highest BCUT2D eigenvalue weighted by molar-refractivity contribution is 7.93. The first kappa shape index (κ1) is 17.6. The fourth-order valence-corrected chi connectivity index (χ4v) is 5.24. The number of para-hydroxylation sites is 1. The number of carbonyl (C=O) groups excluding carboxylic acids is 1. The van der Waals surface area contributed by atoms with Crippen LogP contribution < -0.4 is 10.1 Å². The highest BCUT2D eigenvalue weighted by Crippen LogP contribution is 2.35. The van der Waals surface area contributed by atoms with Crippen LogP contribution >= 0.6 is 0 Å². The molecule has 0 aliphatic carbocycles. The van der Waals surface area contributed by atoms with Gasteiger partial charge in [0.25, 0.3) is 0 Å². The summed E-state index contributed by atoms with van der Waals surface area (Å²) in [5.41, 5.74) is 0. The first-order valence-electron chi connectivity index (χ1n) is 8.25. The lowest BCUT2D eigenvalue weighted by Gasteiger charge is -2.34. The molecule has 0 unspecified atom stereocenters. The van der Waals surface area contributed by atoms with Crippen LogP contribution in [0, 0.1) is 0 Å². The molecule has 1 saturated heterocycles. The molecule has 1 aliphatic heterocycles. The SMILES string of the molecule is CC(=O)C1(S(=O)(=O)c2ccc(Oc3ccccc3)cc2)CCNCC1. The van der Waals surface area contributed by atoms with E-state index in [1.54, 1.807) is 12.1 Å². The predicted molar refractivity (Wildman–Crippen MR) is 95.7 cm³/mol. The number of ether oxygens (including phenoxy) is 1. The molecule has 2 aromatic carbocycles. The number of rotatable bonds is 5. The minimum Gasteiger partial charge on any atom is -0.457 e. The molecule has 0 saturated carbocycles. The first-order valence-corrected chi connectivity index (χ1v) is 9.73. The van der Waals surface area contributed by atoms with Gasteiger partial charge in [-0.05, 0) is 69.3 Å². The Hall–Kier alpha value is -2.18. The molecular weight excluding hydrogens is 338 g/mol. The second-order valence-corrected chi connectivity index (χ2v) is 8.45. The van der Waals surface area contributed by atoms with Crippen molar-refractivity contribution in [1.82, 2.24) is 5.32 Å². The van der Waals surface area contributed by atoms with Crippen molar-refractivity contribution in [2.75, 3.05) is 13.1 Å². The molecule has 0 bridgehead atoms. The van der Waals surface area contributed by atoms with Crippen molar-refractivity contribution in [1.29, 1.82) is 0 Å². The Kier molecular flexibility index (Phi) is 4.92. The van der Waals surface area contributed by atoms with E-state index in [1.165, 1.54) is 19.1 Å². The number of benzene rings is 2. The van der Waals surface area contributed by atoms with Crippen molar-refractivity contribution in [3.8, 4) is 11.5 Å². The summed E-state index contributed by atoms with van der Waals surface area (Å²) in [4.78, 5) is 12.4. The van der Waals surface area contributed by atoms with Crippen LogP contribution in [0.3, 0.4) is 0 Å². The van der Waals surface area contributed by atoms with Crippen molar-refractivity contribution in [2.24, 2.45) is 0 Å². The van der Waals surface area contributed by atoms with Gasteiger partial charge in [0.2, 0.25) is 0 Å². The van der Waals surface area contributed by atoms with E-state index in [1.807, 2.05) is 30.3 Å². The second kappa shape index (κ2) is 6.98. The third-order valence-corrected chi connectivity index (χ3v) is 7.30. The number of hydrogen-bond donors (Lipinski definition) is 1. The number of hydrogen-bond acceptors (Lipinski definition) is 5.